The summed E-state index contributed by atoms with van der Waals surface area (Å²) in [6.45, 7) is 5.15. The second-order valence-electron chi connectivity index (χ2n) is 7.92. The average molecular weight is 421 g/mol. The van der Waals surface area contributed by atoms with E-state index in [0.29, 0.717) is 23.9 Å². The van der Waals surface area contributed by atoms with E-state index in [-0.39, 0.29) is 12.5 Å². The lowest BCUT2D eigenvalue weighted by Crippen LogP contribution is -2.44. The third kappa shape index (κ3) is 4.19. The van der Waals surface area contributed by atoms with Gasteiger partial charge in [0.25, 0.3) is 11.1 Å². The highest BCUT2D eigenvalue weighted by Crippen LogP contribution is 2.32. The Morgan fingerprint density at radius 3 is 2.47 bits per heavy atom. The summed E-state index contributed by atoms with van der Waals surface area (Å²) >= 11 is 0.892. The van der Waals surface area contributed by atoms with Gasteiger partial charge in [-0.05, 0) is 52.4 Å². The molecule has 0 aliphatic carbocycles. The number of hydrogen-bond acceptors (Lipinski definition) is 4. The lowest BCUT2D eigenvalue weighted by atomic mass is 10.00. The van der Waals surface area contributed by atoms with Crippen molar-refractivity contribution in [1.82, 2.24) is 9.80 Å². The van der Waals surface area contributed by atoms with Gasteiger partial charge in [0.05, 0.1) is 4.91 Å². The molecule has 0 N–H and O–H groups in total. The van der Waals surface area contributed by atoms with Crippen LogP contribution in [0.1, 0.15) is 42.0 Å². The molecule has 1 fully saturated rings. The van der Waals surface area contributed by atoms with E-state index in [0.717, 1.165) is 34.2 Å². The lowest BCUT2D eigenvalue weighted by molar-refractivity contribution is -0.136. The number of imide groups is 1. The van der Waals surface area contributed by atoms with Crippen molar-refractivity contribution < 1.29 is 14.4 Å². The molecule has 5 nitrogen and oxygen atoms in total. The molecule has 3 amide bonds. The quantitative estimate of drug-likeness (QED) is 0.687. The molecule has 0 atom stereocenters. The van der Waals surface area contributed by atoms with Crippen LogP contribution in [0.2, 0.25) is 0 Å². The summed E-state index contributed by atoms with van der Waals surface area (Å²) in [6, 6.07) is 16.0. The molecule has 2 aromatic carbocycles. The van der Waals surface area contributed by atoms with E-state index in [1.165, 1.54) is 11.1 Å². The van der Waals surface area contributed by atoms with E-state index < -0.39 is 11.1 Å². The van der Waals surface area contributed by atoms with Crippen molar-refractivity contribution >= 4 is 34.9 Å². The van der Waals surface area contributed by atoms with Crippen molar-refractivity contribution in [1.29, 1.82) is 0 Å². The minimum Gasteiger partial charge on any atom is -0.336 e. The van der Waals surface area contributed by atoms with Gasteiger partial charge in [0.1, 0.15) is 6.54 Å². The fraction of sp³-hybridized carbons (Fsp3) is 0.292. The van der Waals surface area contributed by atoms with Crippen molar-refractivity contribution in [3.8, 4) is 0 Å². The standard InChI is InChI=1S/C24H24N2O3S/c1-16(2)18-9-7-17(8-10-18)13-21-23(28)26(24(29)30-21)15-22(27)25-12-11-19-5-3-4-6-20(19)14-25/h3-10,13,16H,11-12,14-15H2,1-2H3/b21-13-. The summed E-state index contributed by atoms with van der Waals surface area (Å²) < 4.78 is 0. The number of hydrogen-bond donors (Lipinski definition) is 0. The Bertz CT molecular complexity index is 1030. The van der Waals surface area contributed by atoms with Crippen molar-refractivity contribution in [2.24, 2.45) is 0 Å². The maximum Gasteiger partial charge on any atom is 0.294 e. The van der Waals surface area contributed by atoms with Gasteiger partial charge in [-0.3, -0.25) is 19.3 Å². The summed E-state index contributed by atoms with van der Waals surface area (Å²) in [7, 11) is 0. The molecule has 0 spiro atoms. The number of carbonyl (C=O) groups is 3. The molecule has 0 aromatic heterocycles. The second kappa shape index (κ2) is 8.48. The molecule has 154 valence electrons. The first-order valence-corrected chi connectivity index (χ1v) is 10.9. The number of rotatable bonds is 4. The Kier molecular flexibility index (Phi) is 5.77. The largest absolute Gasteiger partial charge is 0.336 e. The molecule has 0 saturated carbocycles. The number of carbonyl (C=O) groups excluding carboxylic acids is 3. The molecule has 2 aliphatic heterocycles. The van der Waals surface area contributed by atoms with Crippen LogP contribution in [-0.4, -0.2) is 39.9 Å². The predicted molar refractivity (Wildman–Crippen MR) is 119 cm³/mol. The molecule has 0 unspecified atom stereocenters. The Balaban J connectivity index is 1.43. The molecule has 30 heavy (non-hydrogen) atoms. The summed E-state index contributed by atoms with van der Waals surface area (Å²) in [5.74, 6) is -0.169. The van der Waals surface area contributed by atoms with Crippen LogP contribution in [-0.2, 0) is 22.6 Å². The van der Waals surface area contributed by atoms with Crippen LogP contribution in [0.15, 0.2) is 53.4 Å². The Morgan fingerprint density at radius 1 is 1.07 bits per heavy atom. The highest BCUT2D eigenvalue weighted by molar-refractivity contribution is 8.18. The zero-order valence-corrected chi connectivity index (χ0v) is 17.9. The fourth-order valence-electron chi connectivity index (χ4n) is 3.71. The average Bonchev–Trinajstić information content (AvgIpc) is 3.01. The van der Waals surface area contributed by atoms with Crippen molar-refractivity contribution in [2.75, 3.05) is 13.1 Å². The van der Waals surface area contributed by atoms with Gasteiger partial charge in [0, 0.05) is 13.1 Å². The van der Waals surface area contributed by atoms with E-state index in [4.69, 9.17) is 0 Å². The Hall–Kier alpha value is -2.86. The van der Waals surface area contributed by atoms with Gasteiger partial charge in [-0.25, -0.2) is 0 Å². The molecule has 0 bridgehead atoms. The fourth-order valence-corrected chi connectivity index (χ4v) is 4.55. The van der Waals surface area contributed by atoms with Crippen LogP contribution in [0, 0.1) is 0 Å². The molecule has 1 saturated heterocycles. The molecular weight excluding hydrogens is 396 g/mol. The zero-order valence-electron chi connectivity index (χ0n) is 17.1. The van der Waals surface area contributed by atoms with E-state index in [2.05, 4.69) is 19.9 Å². The zero-order chi connectivity index (χ0) is 21.3. The van der Waals surface area contributed by atoms with Gasteiger partial charge < -0.3 is 4.90 Å². The molecular formula is C24H24N2O3S. The first kappa shape index (κ1) is 20.4. The molecule has 6 heteroatoms. The number of nitrogens with zero attached hydrogens (tertiary/aromatic N) is 2. The number of thioether (sulfide) groups is 1. The van der Waals surface area contributed by atoms with Gasteiger partial charge in [0.15, 0.2) is 0 Å². The summed E-state index contributed by atoms with van der Waals surface area (Å²) in [6.07, 6.45) is 2.51. The van der Waals surface area contributed by atoms with E-state index in [1.54, 1.807) is 11.0 Å². The van der Waals surface area contributed by atoms with E-state index in [1.807, 2.05) is 42.5 Å². The van der Waals surface area contributed by atoms with Crippen LogP contribution in [0.25, 0.3) is 6.08 Å². The maximum absolute atomic E-state index is 12.8. The van der Waals surface area contributed by atoms with Gasteiger partial charge in [-0.15, -0.1) is 0 Å². The van der Waals surface area contributed by atoms with Crippen LogP contribution in [0.3, 0.4) is 0 Å². The Morgan fingerprint density at radius 2 is 1.77 bits per heavy atom. The first-order valence-electron chi connectivity index (χ1n) is 10.1. The lowest BCUT2D eigenvalue weighted by Gasteiger charge is -2.29. The molecule has 2 aromatic rings. The minimum absolute atomic E-state index is 0.200. The first-order chi connectivity index (χ1) is 14.4. The molecule has 2 heterocycles. The van der Waals surface area contributed by atoms with Crippen molar-refractivity contribution in [3.63, 3.8) is 0 Å². The van der Waals surface area contributed by atoms with Crippen molar-refractivity contribution in [2.45, 2.75) is 32.7 Å². The summed E-state index contributed by atoms with van der Waals surface area (Å²) in [4.78, 5) is 41.1. The van der Waals surface area contributed by atoms with Crippen LogP contribution in [0.5, 0.6) is 0 Å². The molecule has 4 rings (SSSR count). The number of benzene rings is 2. The minimum atomic E-state index is -0.399. The normalized spacial score (nSPS) is 17.8. The third-order valence-electron chi connectivity index (χ3n) is 5.55. The predicted octanol–water partition coefficient (Wildman–Crippen LogP) is 4.43. The van der Waals surface area contributed by atoms with Crippen LogP contribution in [0.4, 0.5) is 4.79 Å². The SMILES string of the molecule is CC(C)c1ccc(/C=C2\SC(=O)N(CC(=O)N3CCc4ccccc4C3)C2=O)cc1. The number of amides is 3. The topological polar surface area (TPSA) is 57.7 Å². The number of fused-ring (bicyclic) bond motifs is 1. The second-order valence-corrected chi connectivity index (χ2v) is 8.92. The highest BCUT2D eigenvalue weighted by Gasteiger charge is 2.37. The van der Waals surface area contributed by atoms with Crippen LogP contribution < -0.4 is 0 Å². The Labute approximate surface area is 180 Å². The van der Waals surface area contributed by atoms with Crippen LogP contribution >= 0.6 is 11.8 Å². The maximum atomic E-state index is 12.8. The monoisotopic (exact) mass is 420 g/mol. The third-order valence-corrected chi connectivity index (χ3v) is 6.46. The van der Waals surface area contributed by atoms with E-state index >= 15 is 0 Å². The smallest absolute Gasteiger partial charge is 0.294 e. The molecule has 0 radical (unpaired) electrons. The summed E-state index contributed by atoms with van der Waals surface area (Å²) in [5, 5.41) is -0.393. The van der Waals surface area contributed by atoms with Gasteiger partial charge >= 0.3 is 0 Å². The van der Waals surface area contributed by atoms with Gasteiger partial charge in [-0.2, -0.15) is 0 Å². The molecule has 2 aliphatic rings. The van der Waals surface area contributed by atoms with Crippen molar-refractivity contribution in [3.05, 3.63) is 75.7 Å². The van der Waals surface area contributed by atoms with E-state index in [9.17, 15) is 14.4 Å². The van der Waals surface area contributed by atoms with Gasteiger partial charge in [-0.1, -0.05) is 62.4 Å². The van der Waals surface area contributed by atoms with Gasteiger partial charge in [0.2, 0.25) is 5.91 Å². The highest BCUT2D eigenvalue weighted by atomic mass is 32.2. The summed E-state index contributed by atoms with van der Waals surface area (Å²) in [5.41, 5.74) is 4.45.